The number of phenols is 1. The molecular weight excluding hydrogens is 270 g/mol. The lowest BCUT2D eigenvalue weighted by atomic mass is 10.2. The Kier molecular flexibility index (Phi) is 4.18. The van der Waals surface area contributed by atoms with Gasteiger partial charge in [0.15, 0.2) is 0 Å². The van der Waals surface area contributed by atoms with Crippen LogP contribution >= 0.6 is 0 Å². The number of anilines is 2. The maximum absolute atomic E-state index is 12.4. The van der Waals surface area contributed by atoms with Gasteiger partial charge in [0.1, 0.15) is 11.6 Å². The molecule has 0 bridgehead atoms. The molecule has 2 N–H and O–H groups in total. The van der Waals surface area contributed by atoms with Crippen LogP contribution in [0.1, 0.15) is 17.3 Å². The highest BCUT2D eigenvalue weighted by Crippen LogP contribution is 2.19. The first-order valence-electron chi connectivity index (χ1n) is 6.28. The Bertz CT molecular complexity index is 668. The second-order valence-electron chi connectivity index (χ2n) is 4.49. The minimum Gasteiger partial charge on any atom is -0.508 e. The van der Waals surface area contributed by atoms with Crippen molar-refractivity contribution in [2.24, 2.45) is 0 Å². The molecule has 1 aromatic carbocycles. The molecule has 0 saturated heterocycles. The number of nitrogens with one attached hydrogen (secondary N) is 1. The standard InChI is InChI=1S/C15H15N3O3/c1-10(19)17-14-9-11(7-8-16-14)15(21)18(2)12-3-5-13(20)6-4-12/h3-9,20H,1-2H3,(H,16,17,19). The number of pyridine rings is 1. The van der Waals surface area contributed by atoms with Crippen molar-refractivity contribution in [3.8, 4) is 5.75 Å². The highest BCUT2D eigenvalue weighted by molar-refractivity contribution is 6.06. The Balaban J connectivity index is 2.22. The molecule has 2 amide bonds. The SMILES string of the molecule is CC(=O)Nc1cc(C(=O)N(C)c2ccc(O)cc2)ccn1. The minimum atomic E-state index is -0.251. The second kappa shape index (κ2) is 6.04. The Hall–Kier alpha value is -2.89. The zero-order valence-corrected chi connectivity index (χ0v) is 11.7. The normalized spacial score (nSPS) is 10.0. The van der Waals surface area contributed by atoms with Crippen molar-refractivity contribution in [1.29, 1.82) is 0 Å². The van der Waals surface area contributed by atoms with Gasteiger partial charge < -0.3 is 15.3 Å². The van der Waals surface area contributed by atoms with E-state index in [0.29, 0.717) is 17.1 Å². The molecule has 0 fully saturated rings. The molecule has 0 unspecified atom stereocenters. The van der Waals surface area contributed by atoms with Gasteiger partial charge in [0.25, 0.3) is 5.91 Å². The molecule has 1 aromatic heterocycles. The lowest BCUT2D eigenvalue weighted by Crippen LogP contribution is -2.26. The van der Waals surface area contributed by atoms with Crippen molar-refractivity contribution < 1.29 is 14.7 Å². The van der Waals surface area contributed by atoms with Crippen LogP contribution in [0, 0.1) is 0 Å². The number of benzene rings is 1. The first-order chi connectivity index (χ1) is 9.97. The Morgan fingerprint density at radius 3 is 2.48 bits per heavy atom. The van der Waals surface area contributed by atoms with E-state index in [0.717, 1.165) is 0 Å². The Labute approximate surface area is 122 Å². The topological polar surface area (TPSA) is 82.5 Å². The molecule has 6 heteroatoms. The lowest BCUT2D eigenvalue weighted by molar-refractivity contribution is -0.114. The molecule has 0 radical (unpaired) electrons. The van der Waals surface area contributed by atoms with Crippen molar-refractivity contribution in [1.82, 2.24) is 4.98 Å². The van der Waals surface area contributed by atoms with Gasteiger partial charge in [-0.15, -0.1) is 0 Å². The fourth-order valence-corrected chi connectivity index (χ4v) is 1.80. The second-order valence-corrected chi connectivity index (χ2v) is 4.49. The van der Waals surface area contributed by atoms with Crippen LogP contribution in [0.5, 0.6) is 5.75 Å². The van der Waals surface area contributed by atoms with Crippen LogP contribution in [0.4, 0.5) is 11.5 Å². The number of carbonyl (C=O) groups excluding carboxylic acids is 2. The minimum absolute atomic E-state index is 0.136. The van der Waals surface area contributed by atoms with Crippen LogP contribution < -0.4 is 10.2 Å². The summed E-state index contributed by atoms with van der Waals surface area (Å²) in [5, 5.41) is 11.8. The maximum atomic E-state index is 12.4. The largest absolute Gasteiger partial charge is 0.508 e. The van der Waals surface area contributed by atoms with Gasteiger partial charge in [-0.2, -0.15) is 0 Å². The van der Waals surface area contributed by atoms with Crippen molar-refractivity contribution >= 4 is 23.3 Å². The first kappa shape index (κ1) is 14.5. The van der Waals surface area contributed by atoms with E-state index in [4.69, 9.17) is 0 Å². The van der Waals surface area contributed by atoms with Gasteiger partial charge in [0.05, 0.1) is 0 Å². The van der Waals surface area contributed by atoms with E-state index in [9.17, 15) is 14.7 Å². The molecule has 0 saturated carbocycles. The van der Waals surface area contributed by atoms with Gasteiger partial charge in [0.2, 0.25) is 5.91 Å². The number of nitrogens with zero attached hydrogens (tertiary/aromatic N) is 2. The van der Waals surface area contributed by atoms with E-state index >= 15 is 0 Å². The number of carbonyl (C=O) groups is 2. The molecule has 21 heavy (non-hydrogen) atoms. The number of hydrogen-bond donors (Lipinski definition) is 2. The summed E-state index contributed by atoms with van der Waals surface area (Å²) in [7, 11) is 1.63. The van der Waals surface area contributed by atoms with Gasteiger partial charge in [0, 0.05) is 31.4 Å². The average molecular weight is 285 g/mol. The fraction of sp³-hybridized carbons (Fsp3) is 0.133. The molecule has 0 aliphatic carbocycles. The quantitative estimate of drug-likeness (QED) is 0.903. The van der Waals surface area contributed by atoms with Gasteiger partial charge in [-0.05, 0) is 36.4 Å². The Morgan fingerprint density at radius 1 is 1.19 bits per heavy atom. The fourth-order valence-electron chi connectivity index (χ4n) is 1.80. The summed E-state index contributed by atoms with van der Waals surface area (Å²) < 4.78 is 0. The number of aromatic nitrogens is 1. The monoisotopic (exact) mass is 285 g/mol. The van der Waals surface area contributed by atoms with Gasteiger partial charge in [-0.25, -0.2) is 4.98 Å². The summed E-state index contributed by atoms with van der Waals surface area (Å²) in [5.41, 5.74) is 1.06. The molecule has 108 valence electrons. The van der Waals surface area contributed by atoms with E-state index in [1.807, 2.05) is 0 Å². The van der Waals surface area contributed by atoms with Crippen molar-refractivity contribution in [2.45, 2.75) is 6.92 Å². The molecule has 2 rings (SSSR count). The summed E-state index contributed by atoms with van der Waals surface area (Å²) >= 11 is 0. The lowest BCUT2D eigenvalue weighted by Gasteiger charge is -2.17. The highest BCUT2D eigenvalue weighted by Gasteiger charge is 2.14. The predicted molar refractivity (Wildman–Crippen MR) is 79.4 cm³/mol. The summed E-state index contributed by atoms with van der Waals surface area (Å²) in [4.78, 5) is 28.8. The van der Waals surface area contributed by atoms with Gasteiger partial charge in [-0.3, -0.25) is 9.59 Å². The van der Waals surface area contributed by atoms with E-state index in [2.05, 4.69) is 10.3 Å². The molecule has 0 spiro atoms. The van der Waals surface area contributed by atoms with Crippen LogP contribution in [0.2, 0.25) is 0 Å². The summed E-state index contributed by atoms with van der Waals surface area (Å²) in [6.07, 6.45) is 1.46. The molecule has 2 aromatic rings. The maximum Gasteiger partial charge on any atom is 0.258 e. The molecule has 0 aliphatic rings. The van der Waals surface area contributed by atoms with Crippen LogP contribution in [0.25, 0.3) is 0 Å². The van der Waals surface area contributed by atoms with Gasteiger partial charge >= 0.3 is 0 Å². The summed E-state index contributed by atoms with van der Waals surface area (Å²) in [6, 6.07) is 9.39. The smallest absolute Gasteiger partial charge is 0.258 e. The molecule has 0 aliphatic heterocycles. The third-order valence-corrected chi connectivity index (χ3v) is 2.85. The Morgan fingerprint density at radius 2 is 1.86 bits per heavy atom. The predicted octanol–water partition coefficient (Wildman–Crippen LogP) is 2.02. The van der Waals surface area contributed by atoms with E-state index in [1.165, 1.54) is 36.2 Å². The van der Waals surface area contributed by atoms with Crippen LogP contribution in [-0.4, -0.2) is 29.0 Å². The van der Waals surface area contributed by atoms with Crippen molar-refractivity contribution in [3.05, 3.63) is 48.2 Å². The molecular formula is C15H15N3O3. The van der Waals surface area contributed by atoms with Crippen LogP contribution in [-0.2, 0) is 4.79 Å². The first-order valence-corrected chi connectivity index (χ1v) is 6.28. The zero-order valence-electron chi connectivity index (χ0n) is 11.7. The van der Waals surface area contributed by atoms with Crippen molar-refractivity contribution in [2.75, 3.05) is 17.3 Å². The average Bonchev–Trinajstić information content (AvgIpc) is 2.46. The van der Waals surface area contributed by atoms with E-state index < -0.39 is 0 Å². The molecule has 0 atom stereocenters. The molecule has 1 heterocycles. The summed E-state index contributed by atoms with van der Waals surface area (Å²) in [5.74, 6) is -0.0300. The number of rotatable bonds is 3. The van der Waals surface area contributed by atoms with Gasteiger partial charge in [-0.1, -0.05) is 0 Å². The number of amides is 2. The summed E-state index contributed by atoms with van der Waals surface area (Å²) in [6.45, 7) is 1.37. The highest BCUT2D eigenvalue weighted by atomic mass is 16.3. The van der Waals surface area contributed by atoms with E-state index in [-0.39, 0.29) is 17.6 Å². The van der Waals surface area contributed by atoms with Crippen LogP contribution in [0.15, 0.2) is 42.6 Å². The molecule has 6 nitrogen and oxygen atoms in total. The zero-order chi connectivity index (χ0) is 15.4. The number of aromatic hydroxyl groups is 1. The van der Waals surface area contributed by atoms with Crippen molar-refractivity contribution in [3.63, 3.8) is 0 Å². The number of hydrogen-bond acceptors (Lipinski definition) is 4. The number of phenolic OH excluding ortho intramolecular Hbond substituents is 1. The van der Waals surface area contributed by atoms with Crippen LogP contribution in [0.3, 0.4) is 0 Å². The third-order valence-electron chi connectivity index (χ3n) is 2.85. The van der Waals surface area contributed by atoms with E-state index in [1.54, 1.807) is 25.2 Å². The third kappa shape index (κ3) is 3.56.